The van der Waals surface area contributed by atoms with E-state index in [9.17, 15) is 14.7 Å². The van der Waals surface area contributed by atoms with Crippen LogP contribution in [0.25, 0.3) is 0 Å². The maximum atomic E-state index is 12.1. The quantitative estimate of drug-likeness (QED) is 0.769. The van der Waals surface area contributed by atoms with Crippen LogP contribution >= 0.6 is 0 Å². The van der Waals surface area contributed by atoms with E-state index < -0.39 is 11.4 Å². The Morgan fingerprint density at radius 3 is 2.90 bits per heavy atom. The lowest BCUT2D eigenvalue weighted by atomic mass is 9.71. The summed E-state index contributed by atoms with van der Waals surface area (Å²) in [4.78, 5) is 30.9. The van der Waals surface area contributed by atoms with Crippen LogP contribution in [0.15, 0.2) is 6.20 Å². The van der Waals surface area contributed by atoms with Crippen LogP contribution in [0.4, 0.5) is 0 Å². The highest BCUT2D eigenvalue weighted by molar-refractivity contribution is 5.81. The predicted molar refractivity (Wildman–Crippen MR) is 77.8 cm³/mol. The summed E-state index contributed by atoms with van der Waals surface area (Å²) >= 11 is 0. The molecule has 1 aliphatic carbocycles. The maximum absolute atomic E-state index is 12.1. The van der Waals surface area contributed by atoms with E-state index in [0.29, 0.717) is 18.7 Å². The summed E-state index contributed by atoms with van der Waals surface area (Å²) in [7, 11) is 0. The first-order valence-electron chi connectivity index (χ1n) is 7.51. The van der Waals surface area contributed by atoms with Gasteiger partial charge in [0.05, 0.1) is 11.8 Å². The molecule has 0 radical (unpaired) electrons. The van der Waals surface area contributed by atoms with E-state index in [1.807, 2.05) is 6.92 Å². The fourth-order valence-corrected chi connectivity index (χ4v) is 2.89. The maximum Gasteiger partial charge on any atom is 0.311 e. The number of nitrogens with zero attached hydrogens (tertiary/aromatic N) is 1. The number of aromatic nitrogens is 2. The Morgan fingerprint density at radius 1 is 1.52 bits per heavy atom. The van der Waals surface area contributed by atoms with Crippen molar-refractivity contribution in [3.05, 3.63) is 17.7 Å². The van der Waals surface area contributed by atoms with Crippen molar-refractivity contribution in [2.75, 3.05) is 0 Å². The third kappa shape index (κ3) is 3.43. The summed E-state index contributed by atoms with van der Waals surface area (Å²) in [6.07, 6.45) is 5.90. The highest BCUT2D eigenvalue weighted by atomic mass is 16.4. The summed E-state index contributed by atoms with van der Waals surface area (Å²) in [6.45, 7) is 3.74. The van der Waals surface area contributed by atoms with E-state index in [1.165, 1.54) is 0 Å². The topological polar surface area (TPSA) is 95.1 Å². The number of carboxylic acids is 1. The van der Waals surface area contributed by atoms with Crippen molar-refractivity contribution in [2.45, 2.75) is 58.4 Å². The van der Waals surface area contributed by atoms with E-state index in [1.54, 1.807) is 13.1 Å². The van der Waals surface area contributed by atoms with Gasteiger partial charge in [0.2, 0.25) is 5.91 Å². The van der Waals surface area contributed by atoms with Gasteiger partial charge in [-0.1, -0.05) is 19.8 Å². The summed E-state index contributed by atoms with van der Waals surface area (Å²) in [5, 5.41) is 12.3. The van der Waals surface area contributed by atoms with Gasteiger partial charge < -0.3 is 15.4 Å². The van der Waals surface area contributed by atoms with Gasteiger partial charge in [-0.05, 0) is 26.2 Å². The fourth-order valence-electron chi connectivity index (χ4n) is 2.89. The molecule has 3 N–H and O–H groups in total. The second-order valence-corrected chi connectivity index (χ2v) is 5.97. The zero-order chi connectivity index (χ0) is 15.5. The number of aromatic amines is 1. The van der Waals surface area contributed by atoms with Crippen LogP contribution in [0.2, 0.25) is 0 Å². The number of imidazole rings is 1. The van der Waals surface area contributed by atoms with Crippen LogP contribution < -0.4 is 5.32 Å². The lowest BCUT2D eigenvalue weighted by Gasteiger charge is -2.38. The number of hydrogen-bond acceptors (Lipinski definition) is 3. The highest BCUT2D eigenvalue weighted by Gasteiger charge is 2.43. The summed E-state index contributed by atoms with van der Waals surface area (Å²) in [5.41, 5.74) is 0.122. The first-order chi connectivity index (χ1) is 9.95. The lowest BCUT2D eigenvalue weighted by Crippen LogP contribution is -2.52. The first kappa shape index (κ1) is 15.5. The number of carbonyl (C=O) groups excluding carboxylic acids is 1. The van der Waals surface area contributed by atoms with Crippen LogP contribution in [-0.4, -0.2) is 33.0 Å². The number of nitrogens with one attached hydrogen (secondary N) is 2. The van der Waals surface area contributed by atoms with Crippen LogP contribution in [0.1, 0.15) is 51.0 Å². The average Bonchev–Trinajstić information content (AvgIpc) is 2.89. The Kier molecular flexibility index (Phi) is 4.65. The molecule has 116 valence electrons. The molecule has 0 aliphatic heterocycles. The van der Waals surface area contributed by atoms with Gasteiger partial charge in [0.1, 0.15) is 5.82 Å². The molecule has 2 atom stereocenters. The van der Waals surface area contributed by atoms with E-state index in [4.69, 9.17) is 0 Å². The van der Waals surface area contributed by atoms with Gasteiger partial charge in [0.25, 0.3) is 0 Å². The molecule has 0 saturated heterocycles. The largest absolute Gasteiger partial charge is 0.481 e. The smallest absolute Gasteiger partial charge is 0.311 e. The number of rotatable bonds is 5. The predicted octanol–water partition coefficient (Wildman–Crippen LogP) is 1.66. The number of H-pyrrole nitrogens is 1. The van der Waals surface area contributed by atoms with Crippen molar-refractivity contribution in [1.29, 1.82) is 0 Å². The highest BCUT2D eigenvalue weighted by Crippen LogP contribution is 2.36. The Labute approximate surface area is 124 Å². The Bertz CT molecular complexity index is 526. The average molecular weight is 293 g/mol. The second kappa shape index (κ2) is 6.28. The third-order valence-corrected chi connectivity index (χ3v) is 4.42. The number of aryl methyl sites for hydroxylation is 1. The van der Waals surface area contributed by atoms with Crippen molar-refractivity contribution < 1.29 is 14.7 Å². The molecule has 1 saturated carbocycles. The fraction of sp³-hybridized carbons (Fsp3) is 0.667. The van der Waals surface area contributed by atoms with Gasteiger partial charge in [-0.2, -0.15) is 0 Å². The molecule has 1 amide bonds. The van der Waals surface area contributed by atoms with Crippen molar-refractivity contribution >= 4 is 11.9 Å². The zero-order valence-electron chi connectivity index (χ0n) is 12.6. The standard InChI is InChI=1S/C15H23N3O3/c1-3-10-9-16-12(17-10)8-13(19)18-11-6-4-5-7-15(11,2)14(20)21/h9,11H,3-8H2,1-2H3,(H,16,17)(H,18,19)(H,20,21). The Hall–Kier alpha value is -1.85. The molecule has 1 aromatic heterocycles. The minimum atomic E-state index is -0.869. The summed E-state index contributed by atoms with van der Waals surface area (Å²) in [6, 6.07) is -0.308. The summed E-state index contributed by atoms with van der Waals surface area (Å²) < 4.78 is 0. The molecule has 2 rings (SSSR count). The Morgan fingerprint density at radius 2 is 2.29 bits per heavy atom. The van der Waals surface area contributed by atoms with Crippen LogP contribution in [0.5, 0.6) is 0 Å². The van der Waals surface area contributed by atoms with Crippen LogP contribution in [-0.2, 0) is 22.4 Å². The normalized spacial score (nSPS) is 25.5. The molecule has 0 spiro atoms. The van der Waals surface area contributed by atoms with Crippen molar-refractivity contribution in [3.8, 4) is 0 Å². The van der Waals surface area contributed by atoms with E-state index >= 15 is 0 Å². The van der Waals surface area contributed by atoms with Gasteiger partial charge in [-0.25, -0.2) is 4.98 Å². The SMILES string of the molecule is CCc1cnc(CC(=O)NC2CCCCC2(C)C(=O)O)[nH]1. The second-order valence-electron chi connectivity index (χ2n) is 5.97. The Balaban J connectivity index is 1.98. The number of amides is 1. The third-order valence-electron chi connectivity index (χ3n) is 4.42. The molecular weight excluding hydrogens is 270 g/mol. The van der Waals surface area contributed by atoms with E-state index in [-0.39, 0.29) is 18.4 Å². The van der Waals surface area contributed by atoms with Crippen molar-refractivity contribution in [2.24, 2.45) is 5.41 Å². The molecule has 2 unspecified atom stereocenters. The van der Waals surface area contributed by atoms with Crippen molar-refractivity contribution in [1.82, 2.24) is 15.3 Å². The summed E-state index contributed by atoms with van der Waals surface area (Å²) in [5.74, 6) is -0.387. The van der Waals surface area contributed by atoms with E-state index in [2.05, 4.69) is 15.3 Å². The zero-order valence-corrected chi connectivity index (χ0v) is 12.6. The molecule has 6 heteroatoms. The molecule has 1 aromatic rings. The molecule has 1 fully saturated rings. The molecule has 1 aliphatic rings. The molecule has 1 heterocycles. The minimum Gasteiger partial charge on any atom is -0.481 e. The molecule has 0 aromatic carbocycles. The van der Waals surface area contributed by atoms with Gasteiger partial charge in [-0.15, -0.1) is 0 Å². The van der Waals surface area contributed by atoms with Crippen LogP contribution in [0, 0.1) is 5.41 Å². The van der Waals surface area contributed by atoms with Crippen molar-refractivity contribution in [3.63, 3.8) is 0 Å². The number of carbonyl (C=O) groups is 2. The first-order valence-corrected chi connectivity index (χ1v) is 7.51. The minimum absolute atomic E-state index is 0.159. The lowest BCUT2D eigenvalue weighted by molar-refractivity contribution is -0.152. The van der Waals surface area contributed by atoms with Gasteiger partial charge in [-0.3, -0.25) is 9.59 Å². The number of carboxylic acid groups (broad SMARTS) is 1. The monoisotopic (exact) mass is 293 g/mol. The van der Waals surface area contributed by atoms with E-state index in [0.717, 1.165) is 25.0 Å². The number of hydrogen-bond donors (Lipinski definition) is 3. The van der Waals surface area contributed by atoms with Gasteiger partial charge >= 0.3 is 5.97 Å². The van der Waals surface area contributed by atoms with Gasteiger partial charge in [0.15, 0.2) is 0 Å². The number of aliphatic carboxylic acids is 1. The molecule has 6 nitrogen and oxygen atoms in total. The van der Waals surface area contributed by atoms with Gasteiger partial charge in [0, 0.05) is 17.9 Å². The molecule has 21 heavy (non-hydrogen) atoms. The molecule has 0 bridgehead atoms. The molecular formula is C15H23N3O3. The van der Waals surface area contributed by atoms with Crippen LogP contribution in [0.3, 0.4) is 0 Å².